The monoisotopic (exact) mass is 307 g/mol. The molecule has 0 aliphatic heterocycles. The highest BCUT2D eigenvalue weighted by atomic mass is 16.1. The topological polar surface area (TPSA) is 39.0 Å². The molecule has 0 aliphatic rings. The zero-order valence-electron chi connectivity index (χ0n) is 13.7. The first-order chi connectivity index (χ1) is 11.1. The number of hydrogen-bond donors (Lipinski definition) is 1. The Morgan fingerprint density at radius 2 is 1.74 bits per heavy atom. The largest absolute Gasteiger partial charge is 0.352 e. The Morgan fingerprint density at radius 1 is 1.09 bits per heavy atom. The minimum atomic E-state index is -0.0510. The maximum absolute atomic E-state index is 12.3. The second kappa shape index (κ2) is 6.16. The van der Waals surface area contributed by atoms with Gasteiger partial charge in [-0.05, 0) is 61.9 Å². The maximum Gasteiger partial charge on any atom is 0.251 e. The van der Waals surface area contributed by atoms with Crippen LogP contribution < -0.4 is 5.32 Å². The van der Waals surface area contributed by atoms with Crippen molar-refractivity contribution in [3.05, 3.63) is 77.4 Å². The minimum absolute atomic E-state index is 0.0510. The molecule has 0 unspecified atom stereocenters. The van der Waals surface area contributed by atoms with Crippen LogP contribution in [0.1, 0.15) is 27.3 Å². The molecule has 1 N–H and O–H groups in total. The SMILES string of the molecule is Cc1cc(CNC(=O)c2ccc(-n3cccc3)cc2)c(C)n1C. The standard InChI is InChI=1S/C19H21N3O/c1-14-12-17(15(2)21(14)3)13-20-19(23)16-6-8-18(9-7-16)22-10-4-5-11-22/h4-12H,13H2,1-3H3,(H,20,23). The summed E-state index contributed by atoms with van der Waals surface area (Å²) < 4.78 is 4.14. The van der Waals surface area contributed by atoms with Crippen molar-refractivity contribution in [2.75, 3.05) is 0 Å². The Hall–Kier alpha value is -2.75. The van der Waals surface area contributed by atoms with Crippen LogP contribution in [0.5, 0.6) is 0 Å². The highest BCUT2D eigenvalue weighted by Crippen LogP contribution is 2.14. The van der Waals surface area contributed by atoms with Gasteiger partial charge < -0.3 is 14.5 Å². The van der Waals surface area contributed by atoms with Gasteiger partial charge in [0.1, 0.15) is 0 Å². The third-order valence-electron chi connectivity index (χ3n) is 4.35. The third kappa shape index (κ3) is 3.06. The average molecular weight is 307 g/mol. The van der Waals surface area contributed by atoms with Gasteiger partial charge in [-0.15, -0.1) is 0 Å². The fourth-order valence-electron chi connectivity index (χ4n) is 2.68. The second-order valence-electron chi connectivity index (χ2n) is 5.78. The summed E-state index contributed by atoms with van der Waals surface area (Å²) in [5, 5.41) is 2.99. The van der Waals surface area contributed by atoms with Gasteiger partial charge in [-0.1, -0.05) is 0 Å². The summed E-state index contributed by atoms with van der Waals surface area (Å²) in [6.45, 7) is 4.68. The van der Waals surface area contributed by atoms with Crippen molar-refractivity contribution >= 4 is 5.91 Å². The molecule has 3 rings (SSSR count). The number of aryl methyl sites for hydroxylation is 1. The molecule has 2 aromatic heterocycles. The summed E-state index contributed by atoms with van der Waals surface area (Å²) in [4.78, 5) is 12.3. The van der Waals surface area contributed by atoms with Gasteiger partial charge in [0.15, 0.2) is 0 Å². The Kier molecular flexibility index (Phi) is 4.06. The van der Waals surface area contributed by atoms with Crippen molar-refractivity contribution in [1.82, 2.24) is 14.5 Å². The van der Waals surface area contributed by atoms with Gasteiger partial charge in [-0.3, -0.25) is 4.79 Å². The Morgan fingerprint density at radius 3 is 2.30 bits per heavy atom. The third-order valence-corrected chi connectivity index (χ3v) is 4.35. The molecule has 0 radical (unpaired) electrons. The van der Waals surface area contributed by atoms with Crippen LogP contribution in [0.15, 0.2) is 54.9 Å². The van der Waals surface area contributed by atoms with Gasteiger partial charge in [0, 0.05) is 48.6 Å². The van der Waals surface area contributed by atoms with E-state index in [0.29, 0.717) is 12.1 Å². The molecule has 0 saturated carbocycles. The molecule has 118 valence electrons. The van der Waals surface area contributed by atoms with Crippen molar-refractivity contribution in [3.8, 4) is 5.69 Å². The van der Waals surface area contributed by atoms with Crippen molar-refractivity contribution in [2.24, 2.45) is 7.05 Å². The zero-order chi connectivity index (χ0) is 16.4. The number of aromatic nitrogens is 2. The first kappa shape index (κ1) is 15.2. The van der Waals surface area contributed by atoms with Crippen molar-refractivity contribution in [3.63, 3.8) is 0 Å². The lowest BCUT2D eigenvalue weighted by molar-refractivity contribution is 0.0951. The van der Waals surface area contributed by atoms with E-state index in [1.54, 1.807) is 0 Å². The van der Waals surface area contributed by atoms with E-state index < -0.39 is 0 Å². The van der Waals surface area contributed by atoms with Crippen LogP contribution in [-0.4, -0.2) is 15.0 Å². The lowest BCUT2D eigenvalue weighted by atomic mass is 10.2. The number of nitrogens with zero attached hydrogens (tertiary/aromatic N) is 2. The van der Waals surface area contributed by atoms with E-state index in [-0.39, 0.29) is 5.91 Å². The lowest BCUT2D eigenvalue weighted by Crippen LogP contribution is -2.23. The smallest absolute Gasteiger partial charge is 0.251 e. The molecule has 0 saturated heterocycles. The summed E-state index contributed by atoms with van der Waals surface area (Å²) in [7, 11) is 2.04. The number of hydrogen-bond acceptors (Lipinski definition) is 1. The molecule has 1 amide bonds. The van der Waals surface area contributed by atoms with Crippen LogP contribution in [0.4, 0.5) is 0 Å². The van der Waals surface area contributed by atoms with E-state index in [0.717, 1.165) is 11.3 Å². The Bertz CT molecular complexity index is 811. The fraction of sp³-hybridized carbons (Fsp3) is 0.211. The first-order valence-corrected chi connectivity index (χ1v) is 7.69. The molecule has 3 aromatic rings. The molecule has 0 aliphatic carbocycles. The molecule has 0 atom stereocenters. The molecule has 1 aromatic carbocycles. The summed E-state index contributed by atoms with van der Waals surface area (Å²) in [6.07, 6.45) is 3.96. The molecule has 23 heavy (non-hydrogen) atoms. The van der Waals surface area contributed by atoms with E-state index >= 15 is 0 Å². The highest BCUT2D eigenvalue weighted by Gasteiger charge is 2.09. The number of benzene rings is 1. The summed E-state index contributed by atoms with van der Waals surface area (Å²) in [5.74, 6) is -0.0510. The molecular weight excluding hydrogens is 286 g/mol. The number of rotatable bonds is 4. The molecule has 0 fully saturated rings. The lowest BCUT2D eigenvalue weighted by Gasteiger charge is -2.07. The van der Waals surface area contributed by atoms with E-state index in [9.17, 15) is 4.79 Å². The zero-order valence-corrected chi connectivity index (χ0v) is 13.7. The molecule has 0 spiro atoms. The van der Waals surface area contributed by atoms with Gasteiger partial charge in [0.25, 0.3) is 5.91 Å². The van der Waals surface area contributed by atoms with E-state index in [1.807, 2.05) is 60.4 Å². The summed E-state index contributed by atoms with van der Waals surface area (Å²) in [5.41, 5.74) is 5.25. The van der Waals surface area contributed by atoms with E-state index in [2.05, 4.69) is 29.8 Å². The predicted octanol–water partition coefficient (Wildman–Crippen LogP) is 3.36. The van der Waals surface area contributed by atoms with E-state index in [4.69, 9.17) is 0 Å². The number of carbonyl (C=O) groups excluding carboxylic acids is 1. The van der Waals surface area contributed by atoms with Crippen LogP contribution in [-0.2, 0) is 13.6 Å². The van der Waals surface area contributed by atoms with Crippen LogP contribution >= 0.6 is 0 Å². The van der Waals surface area contributed by atoms with Gasteiger partial charge in [0.2, 0.25) is 0 Å². The fourth-order valence-corrected chi connectivity index (χ4v) is 2.68. The predicted molar refractivity (Wildman–Crippen MR) is 91.8 cm³/mol. The molecular formula is C19H21N3O. The number of nitrogens with one attached hydrogen (secondary N) is 1. The summed E-state index contributed by atoms with van der Waals surface area (Å²) in [6, 6.07) is 13.7. The van der Waals surface area contributed by atoms with Gasteiger partial charge in [-0.2, -0.15) is 0 Å². The maximum atomic E-state index is 12.3. The molecule has 4 heteroatoms. The van der Waals surface area contributed by atoms with E-state index in [1.165, 1.54) is 11.4 Å². The number of carbonyl (C=O) groups is 1. The van der Waals surface area contributed by atoms with Crippen LogP contribution in [0.3, 0.4) is 0 Å². The normalized spacial score (nSPS) is 10.7. The first-order valence-electron chi connectivity index (χ1n) is 7.69. The summed E-state index contributed by atoms with van der Waals surface area (Å²) >= 11 is 0. The van der Waals surface area contributed by atoms with Crippen LogP contribution in [0.25, 0.3) is 5.69 Å². The molecule has 4 nitrogen and oxygen atoms in total. The molecule has 0 bridgehead atoms. The van der Waals surface area contributed by atoms with Gasteiger partial charge >= 0.3 is 0 Å². The van der Waals surface area contributed by atoms with Crippen molar-refractivity contribution in [1.29, 1.82) is 0 Å². The van der Waals surface area contributed by atoms with Crippen molar-refractivity contribution in [2.45, 2.75) is 20.4 Å². The molecule has 2 heterocycles. The Labute approximate surface area is 136 Å². The van der Waals surface area contributed by atoms with Crippen LogP contribution in [0.2, 0.25) is 0 Å². The second-order valence-corrected chi connectivity index (χ2v) is 5.78. The highest BCUT2D eigenvalue weighted by molar-refractivity contribution is 5.94. The number of amides is 1. The van der Waals surface area contributed by atoms with Gasteiger partial charge in [-0.25, -0.2) is 0 Å². The van der Waals surface area contributed by atoms with Crippen LogP contribution in [0, 0.1) is 13.8 Å². The minimum Gasteiger partial charge on any atom is -0.352 e. The van der Waals surface area contributed by atoms with Gasteiger partial charge in [0.05, 0.1) is 0 Å². The van der Waals surface area contributed by atoms with Crippen molar-refractivity contribution < 1.29 is 4.79 Å². The quantitative estimate of drug-likeness (QED) is 0.788. The Balaban J connectivity index is 1.67. The average Bonchev–Trinajstić information content (AvgIpc) is 3.18.